The lowest BCUT2D eigenvalue weighted by Crippen LogP contribution is -2.38. The van der Waals surface area contributed by atoms with Gasteiger partial charge in [0.1, 0.15) is 17.6 Å². The zero-order valence-corrected chi connectivity index (χ0v) is 8.40. The fraction of sp³-hybridized carbons (Fsp3) is 0.200. The predicted molar refractivity (Wildman–Crippen MR) is 52.6 cm³/mol. The number of carboxylic acids is 1. The maximum Gasteiger partial charge on any atom is 0.325 e. The van der Waals surface area contributed by atoms with Gasteiger partial charge in [0, 0.05) is 6.07 Å². The van der Waals surface area contributed by atoms with E-state index in [4.69, 9.17) is 5.11 Å². The van der Waals surface area contributed by atoms with E-state index in [0.29, 0.717) is 0 Å². The fourth-order valence-corrected chi connectivity index (χ4v) is 1.03. The Labute approximate surface area is 90.5 Å². The number of carboxylic acid groups (broad SMARTS) is 1. The van der Waals surface area contributed by atoms with Crippen LogP contribution in [0.4, 0.5) is 4.39 Å². The first-order valence-electron chi connectivity index (χ1n) is 4.44. The normalized spacial score (nSPS) is 11.9. The number of hydrogen-bond acceptors (Lipinski definition) is 3. The quantitative estimate of drug-likeness (QED) is 0.710. The van der Waals surface area contributed by atoms with Crippen molar-refractivity contribution in [3.63, 3.8) is 0 Å². The number of carbonyl (C=O) groups excluding carboxylic acids is 1. The number of phenols is 1. The van der Waals surface area contributed by atoms with E-state index < -0.39 is 29.5 Å². The third-order valence-electron chi connectivity index (χ3n) is 1.92. The molecule has 0 aliphatic carbocycles. The molecule has 0 bridgehead atoms. The highest BCUT2D eigenvalue weighted by molar-refractivity contribution is 5.98. The number of halogens is 1. The molecule has 0 spiro atoms. The number of aromatic hydroxyl groups is 1. The summed E-state index contributed by atoms with van der Waals surface area (Å²) in [6, 6.07) is 1.77. The number of aliphatic carboxylic acids is 1. The van der Waals surface area contributed by atoms with Crippen molar-refractivity contribution in [3.8, 4) is 5.75 Å². The molecule has 5 nitrogen and oxygen atoms in total. The van der Waals surface area contributed by atoms with Crippen LogP contribution in [0.5, 0.6) is 5.75 Å². The van der Waals surface area contributed by atoms with Crippen LogP contribution in [-0.2, 0) is 4.79 Å². The average molecular weight is 227 g/mol. The molecule has 0 aromatic heterocycles. The average Bonchev–Trinajstić information content (AvgIpc) is 2.16. The van der Waals surface area contributed by atoms with E-state index in [1.54, 1.807) is 0 Å². The first-order chi connectivity index (χ1) is 7.41. The summed E-state index contributed by atoms with van der Waals surface area (Å²) < 4.78 is 12.6. The maximum absolute atomic E-state index is 12.6. The second-order valence-electron chi connectivity index (χ2n) is 3.19. The lowest BCUT2D eigenvalue weighted by atomic mass is 10.1. The fourth-order valence-electron chi connectivity index (χ4n) is 1.03. The van der Waals surface area contributed by atoms with E-state index in [9.17, 15) is 19.1 Å². The van der Waals surface area contributed by atoms with Crippen LogP contribution in [0.1, 0.15) is 17.3 Å². The third-order valence-corrected chi connectivity index (χ3v) is 1.92. The SMILES string of the molecule is C[C@H](NC(=O)c1ccc(F)cc1O)C(=O)O. The van der Waals surface area contributed by atoms with Crippen LogP contribution in [0.3, 0.4) is 0 Å². The Hall–Kier alpha value is -2.11. The third kappa shape index (κ3) is 2.69. The monoisotopic (exact) mass is 227 g/mol. The molecule has 1 atom stereocenters. The molecule has 1 amide bonds. The van der Waals surface area contributed by atoms with Crippen LogP contribution < -0.4 is 5.32 Å². The minimum Gasteiger partial charge on any atom is -0.507 e. The van der Waals surface area contributed by atoms with Gasteiger partial charge in [-0.1, -0.05) is 0 Å². The lowest BCUT2D eigenvalue weighted by molar-refractivity contribution is -0.138. The van der Waals surface area contributed by atoms with Crippen molar-refractivity contribution in [2.45, 2.75) is 13.0 Å². The Balaban J connectivity index is 2.85. The Kier molecular flexibility index (Phi) is 3.44. The molecule has 1 aromatic carbocycles. The Morgan fingerprint density at radius 2 is 2.06 bits per heavy atom. The van der Waals surface area contributed by atoms with Crippen LogP contribution in [0.15, 0.2) is 18.2 Å². The number of rotatable bonds is 3. The minimum atomic E-state index is -1.20. The number of benzene rings is 1. The number of carbonyl (C=O) groups is 2. The molecule has 0 unspecified atom stereocenters. The standard InChI is InChI=1S/C10H10FNO4/c1-5(10(15)16)12-9(14)7-3-2-6(11)4-8(7)13/h2-5,13H,1H3,(H,12,14)(H,15,16)/t5-/m0/s1. The first kappa shape index (κ1) is 12.0. The van der Waals surface area contributed by atoms with E-state index in [2.05, 4.69) is 5.32 Å². The summed E-state index contributed by atoms with van der Waals surface area (Å²) >= 11 is 0. The minimum absolute atomic E-state index is 0.172. The van der Waals surface area contributed by atoms with Gasteiger partial charge in [-0.3, -0.25) is 9.59 Å². The maximum atomic E-state index is 12.6. The second kappa shape index (κ2) is 4.61. The van der Waals surface area contributed by atoms with Gasteiger partial charge in [-0.25, -0.2) is 4.39 Å². The van der Waals surface area contributed by atoms with Crippen molar-refractivity contribution in [1.82, 2.24) is 5.32 Å². The summed E-state index contributed by atoms with van der Waals surface area (Å²) in [7, 11) is 0. The van der Waals surface area contributed by atoms with Gasteiger partial charge >= 0.3 is 5.97 Å². The molecule has 86 valence electrons. The summed E-state index contributed by atoms with van der Waals surface area (Å²) in [4.78, 5) is 21.9. The number of nitrogens with one attached hydrogen (secondary N) is 1. The highest BCUT2D eigenvalue weighted by Crippen LogP contribution is 2.17. The van der Waals surface area contributed by atoms with Crippen LogP contribution in [0.25, 0.3) is 0 Å². The van der Waals surface area contributed by atoms with Gasteiger partial charge in [-0.05, 0) is 19.1 Å². The zero-order chi connectivity index (χ0) is 12.3. The molecular weight excluding hydrogens is 217 g/mol. The first-order valence-corrected chi connectivity index (χ1v) is 4.44. The molecule has 0 fully saturated rings. The topological polar surface area (TPSA) is 86.6 Å². The molecule has 1 rings (SSSR count). The summed E-state index contributed by atoms with van der Waals surface area (Å²) in [6.07, 6.45) is 0. The Morgan fingerprint density at radius 1 is 1.44 bits per heavy atom. The largest absolute Gasteiger partial charge is 0.507 e. The molecular formula is C10H10FNO4. The van der Waals surface area contributed by atoms with E-state index >= 15 is 0 Å². The van der Waals surface area contributed by atoms with E-state index in [1.807, 2.05) is 0 Å². The van der Waals surface area contributed by atoms with Gasteiger partial charge in [-0.15, -0.1) is 0 Å². The summed E-state index contributed by atoms with van der Waals surface area (Å²) in [6.45, 7) is 1.28. The molecule has 0 aliphatic rings. The van der Waals surface area contributed by atoms with Crippen LogP contribution in [0, 0.1) is 5.82 Å². The van der Waals surface area contributed by atoms with E-state index in [0.717, 1.165) is 18.2 Å². The van der Waals surface area contributed by atoms with Crippen molar-refractivity contribution in [1.29, 1.82) is 0 Å². The van der Waals surface area contributed by atoms with E-state index in [-0.39, 0.29) is 5.56 Å². The molecule has 1 aromatic rings. The summed E-state index contributed by atoms with van der Waals surface area (Å²) in [5, 5.41) is 20.0. The van der Waals surface area contributed by atoms with Crippen molar-refractivity contribution in [2.75, 3.05) is 0 Å². The summed E-state index contributed by atoms with van der Waals surface area (Å²) in [5.41, 5.74) is -0.172. The van der Waals surface area contributed by atoms with Crippen molar-refractivity contribution >= 4 is 11.9 Å². The number of hydrogen-bond donors (Lipinski definition) is 3. The summed E-state index contributed by atoms with van der Waals surface area (Å²) in [5.74, 6) is -3.18. The lowest BCUT2D eigenvalue weighted by Gasteiger charge is -2.10. The number of amides is 1. The highest BCUT2D eigenvalue weighted by Gasteiger charge is 2.17. The van der Waals surface area contributed by atoms with Gasteiger partial charge in [0.2, 0.25) is 0 Å². The Bertz CT molecular complexity index is 433. The van der Waals surface area contributed by atoms with Gasteiger partial charge in [0.05, 0.1) is 5.56 Å². The van der Waals surface area contributed by atoms with Gasteiger partial charge in [0.15, 0.2) is 0 Å². The van der Waals surface area contributed by atoms with Crippen LogP contribution in [-0.4, -0.2) is 28.1 Å². The molecule has 0 heterocycles. The molecule has 0 aliphatic heterocycles. The van der Waals surface area contributed by atoms with Gasteiger partial charge in [-0.2, -0.15) is 0 Å². The van der Waals surface area contributed by atoms with Crippen molar-refractivity contribution in [3.05, 3.63) is 29.6 Å². The Morgan fingerprint density at radius 3 is 2.56 bits per heavy atom. The van der Waals surface area contributed by atoms with Crippen molar-refractivity contribution in [2.24, 2.45) is 0 Å². The molecule has 3 N–H and O–H groups in total. The molecule has 0 saturated heterocycles. The van der Waals surface area contributed by atoms with Gasteiger partial charge < -0.3 is 15.5 Å². The smallest absolute Gasteiger partial charge is 0.325 e. The van der Waals surface area contributed by atoms with Crippen molar-refractivity contribution < 1.29 is 24.2 Å². The molecule has 0 saturated carbocycles. The highest BCUT2D eigenvalue weighted by atomic mass is 19.1. The molecule has 6 heteroatoms. The van der Waals surface area contributed by atoms with Gasteiger partial charge in [0.25, 0.3) is 5.91 Å². The molecule has 0 radical (unpaired) electrons. The van der Waals surface area contributed by atoms with E-state index in [1.165, 1.54) is 6.92 Å². The van der Waals surface area contributed by atoms with Crippen LogP contribution >= 0.6 is 0 Å². The van der Waals surface area contributed by atoms with Crippen LogP contribution in [0.2, 0.25) is 0 Å². The second-order valence-corrected chi connectivity index (χ2v) is 3.19. The molecule has 16 heavy (non-hydrogen) atoms. The predicted octanol–water partition coefficient (Wildman–Crippen LogP) is 0.734. The number of phenolic OH excluding ortho intramolecular Hbond substituents is 1. The zero-order valence-electron chi connectivity index (χ0n) is 8.40.